The maximum absolute atomic E-state index is 12.4. The Labute approximate surface area is 115 Å². The second kappa shape index (κ2) is 6.68. The molecule has 0 aromatic heterocycles. The molecular formula is C14H26N2O3. The highest BCUT2D eigenvalue weighted by molar-refractivity contribution is 5.76. The summed E-state index contributed by atoms with van der Waals surface area (Å²) in [5.41, 5.74) is 6.10. The highest BCUT2D eigenvalue weighted by atomic mass is 16.5. The van der Waals surface area contributed by atoms with Crippen molar-refractivity contribution in [3.05, 3.63) is 0 Å². The lowest BCUT2D eigenvalue weighted by atomic mass is 9.82. The van der Waals surface area contributed by atoms with E-state index in [0.29, 0.717) is 25.4 Å². The summed E-state index contributed by atoms with van der Waals surface area (Å²) in [6.45, 7) is 3.03. The Morgan fingerprint density at radius 1 is 1.37 bits per heavy atom. The molecule has 5 nitrogen and oxygen atoms in total. The fourth-order valence-electron chi connectivity index (χ4n) is 3.19. The molecule has 0 spiro atoms. The average molecular weight is 270 g/mol. The van der Waals surface area contributed by atoms with E-state index in [1.165, 1.54) is 12.8 Å². The zero-order valence-corrected chi connectivity index (χ0v) is 11.8. The van der Waals surface area contributed by atoms with Gasteiger partial charge in [0.25, 0.3) is 0 Å². The Morgan fingerprint density at radius 2 is 2.11 bits per heavy atom. The van der Waals surface area contributed by atoms with Gasteiger partial charge < -0.3 is 20.5 Å². The van der Waals surface area contributed by atoms with E-state index in [1.54, 1.807) is 0 Å². The predicted molar refractivity (Wildman–Crippen MR) is 72.6 cm³/mol. The first kappa shape index (κ1) is 14.8. The van der Waals surface area contributed by atoms with Crippen molar-refractivity contribution in [1.29, 1.82) is 0 Å². The van der Waals surface area contributed by atoms with Gasteiger partial charge in [0.15, 0.2) is 0 Å². The molecule has 1 aliphatic carbocycles. The Bertz CT molecular complexity index is 311. The average Bonchev–Trinajstić information content (AvgIpc) is 2.40. The van der Waals surface area contributed by atoms with Crippen LogP contribution in [-0.4, -0.2) is 53.9 Å². The minimum absolute atomic E-state index is 0.00474. The Kier molecular flexibility index (Phi) is 5.19. The molecule has 4 atom stereocenters. The lowest BCUT2D eigenvalue weighted by molar-refractivity contribution is -0.148. The molecule has 0 radical (unpaired) electrons. The van der Waals surface area contributed by atoms with Crippen LogP contribution >= 0.6 is 0 Å². The first-order valence-electron chi connectivity index (χ1n) is 7.39. The first-order chi connectivity index (χ1) is 9.10. The van der Waals surface area contributed by atoms with Crippen molar-refractivity contribution in [2.45, 2.75) is 57.3 Å². The molecule has 1 saturated heterocycles. The molecule has 0 bridgehead atoms. The van der Waals surface area contributed by atoms with E-state index in [-0.39, 0.29) is 30.8 Å². The third kappa shape index (κ3) is 3.91. The first-order valence-corrected chi connectivity index (χ1v) is 7.39. The van der Waals surface area contributed by atoms with Gasteiger partial charge in [-0.1, -0.05) is 12.8 Å². The van der Waals surface area contributed by atoms with E-state index < -0.39 is 0 Å². The number of aliphatic hydroxyl groups is 1. The molecule has 1 aliphatic heterocycles. The topological polar surface area (TPSA) is 75.8 Å². The quantitative estimate of drug-likeness (QED) is 0.783. The van der Waals surface area contributed by atoms with Crippen molar-refractivity contribution < 1.29 is 14.6 Å². The standard InChI is InChI=1S/C14H26N2O3/c1-10-7-16(8-12(9-17)19-10)14(18)6-11-4-2-3-5-13(11)15/h10-13,17H,2-9,15H2,1H3. The normalized spacial score (nSPS) is 36.3. The highest BCUT2D eigenvalue weighted by Crippen LogP contribution is 2.26. The SMILES string of the molecule is CC1CN(C(=O)CC2CCCCC2N)CC(CO)O1. The number of morpholine rings is 1. The van der Waals surface area contributed by atoms with Crippen LogP contribution < -0.4 is 5.73 Å². The van der Waals surface area contributed by atoms with Gasteiger partial charge in [-0.2, -0.15) is 0 Å². The van der Waals surface area contributed by atoms with E-state index in [4.69, 9.17) is 10.5 Å². The van der Waals surface area contributed by atoms with Crippen molar-refractivity contribution in [3.63, 3.8) is 0 Å². The van der Waals surface area contributed by atoms with Gasteiger partial charge in [-0.3, -0.25) is 4.79 Å². The molecular weight excluding hydrogens is 244 g/mol. The van der Waals surface area contributed by atoms with Crippen LogP contribution in [0.1, 0.15) is 39.0 Å². The summed E-state index contributed by atoms with van der Waals surface area (Å²) < 4.78 is 5.56. The van der Waals surface area contributed by atoms with Crippen molar-refractivity contribution in [3.8, 4) is 0 Å². The molecule has 110 valence electrons. The van der Waals surface area contributed by atoms with Gasteiger partial charge in [-0.15, -0.1) is 0 Å². The predicted octanol–water partition coefficient (Wildman–Crippen LogP) is 0.502. The number of amides is 1. The third-order valence-electron chi connectivity index (χ3n) is 4.29. The van der Waals surface area contributed by atoms with Gasteiger partial charge in [-0.05, 0) is 25.7 Å². The van der Waals surface area contributed by atoms with Gasteiger partial charge in [-0.25, -0.2) is 0 Å². The Balaban J connectivity index is 1.87. The summed E-state index contributed by atoms with van der Waals surface area (Å²) in [5.74, 6) is 0.489. The van der Waals surface area contributed by atoms with Gasteiger partial charge in [0, 0.05) is 25.6 Å². The summed E-state index contributed by atoms with van der Waals surface area (Å²) in [6, 6.07) is 0.171. The number of ether oxygens (including phenoxy) is 1. The van der Waals surface area contributed by atoms with E-state index in [9.17, 15) is 9.90 Å². The van der Waals surface area contributed by atoms with E-state index in [0.717, 1.165) is 12.8 Å². The molecule has 2 aliphatic rings. The highest BCUT2D eigenvalue weighted by Gasteiger charge is 2.31. The largest absolute Gasteiger partial charge is 0.394 e. The van der Waals surface area contributed by atoms with Crippen LogP contribution in [-0.2, 0) is 9.53 Å². The van der Waals surface area contributed by atoms with Crippen LogP contribution in [0.4, 0.5) is 0 Å². The number of hydrogen-bond acceptors (Lipinski definition) is 4. The van der Waals surface area contributed by atoms with Crippen molar-refractivity contribution in [1.82, 2.24) is 4.90 Å². The van der Waals surface area contributed by atoms with E-state index in [2.05, 4.69) is 0 Å². The molecule has 19 heavy (non-hydrogen) atoms. The molecule has 1 heterocycles. The minimum Gasteiger partial charge on any atom is -0.394 e. The molecule has 2 rings (SSSR count). The van der Waals surface area contributed by atoms with E-state index in [1.807, 2.05) is 11.8 Å². The molecule has 0 aromatic carbocycles. The van der Waals surface area contributed by atoms with Crippen LogP contribution in [0.5, 0.6) is 0 Å². The minimum atomic E-state index is -0.243. The number of rotatable bonds is 3. The number of nitrogens with two attached hydrogens (primary N) is 1. The number of hydrogen-bond donors (Lipinski definition) is 2. The molecule has 3 N–H and O–H groups in total. The van der Waals surface area contributed by atoms with Crippen molar-refractivity contribution in [2.75, 3.05) is 19.7 Å². The van der Waals surface area contributed by atoms with Crippen molar-refractivity contribution >= 4 is 5.91 Å². The molecule has 1 saturated carbocycles. The zero-order chi connectivity index (χ0) is 13.8. The fourth-order valence-corrected chi connectivity index (χ4v) is 3.19. The maximum Gasteiger partial charge on any atom is 0.223 e. The van der Waals surface area contributed by atoms with Gasteiger partial charge in [0.1, 0.15) is 0 Å². The molecule has 0 aromatic rings. The summed E-state index contributed by atoms with van der Waals surface area (Å²) in [4.78, 5) is 14.2. The summed E-state index contributed by atoms with van der Waals surface area (Å²) in [5, 5.41) is 9.19. The maximum atomic E-state index is 12.4. The third-order valence-corrected chi connectivity index (χ3v) is 4.29. The lowest BCUT2D eigenvalue weighted by Gasteiger charge is -2.37. The smallest absolute Gasteiger partial charge is 0.223 e. The lowest BCUT2D eigenvalue weighted by Crippen LogP contribution is -2.51. The van der Waals surface area contributed by atoms with Crippen molar-refractivity contribution in [2.24, 2.45) is 11.7 Å². The van der Waals surface area contributed by atoms with Crippen LogP contribution in [0.2, 0.25) is 0 Å². The molecule has 5 heteroatoms. The molecule has 2 fully saturated rings. The number of aliphatic hydroxyl groups excluding tert-OH is 1. The van der Waals surface area contributed by atoms with Gasteiger partial charge >= 0.3 is 0 Å². The van der Waals surface area contributed by atoms with Crippen LogP contribution in [0.15, 0.2) is 0 Å². The van der Waals surface area contributed by atoms with Crippen LogP contribution in [0, 0.1) is 5.92 Å². The second-order valence-corrected chi connectivity index (χ2v) is 5.96. The monoisotopic (exact) mass is 270 g/mol. The van der Waals surface area contributed by atoms with Crippen LogP contribution in [0.3, 0.4) is 0 Å². The Hall–Kier alpha value is -0.650. The van der Waals surface area contributed by atoms with Gasteiger partial charge in [0.05, 0.1) is 18.8 Å². The summed E-state index contributed by atoms with van der Waals surface area (Å²) >= 11 is 0. The zero-order valence-electron chi connectivity index (χ0n) is 11.8. The number of carbonyl (C=O) groups excluding carboxylic acids is 1. The summed E-state index contributed by atoms with van der Waals surface area (Å²) in [7, 11) is 0. The second-order valence-electron chi connectivity index (χ2n) is 5.96. The van der Waals surface area contributed by atoms with Gasteiger partial charge in [0.2, 0.25) is 5.91 Å². The molecule has 1 amide bonds. The summed E-state index contributed by atoms with van der Waals surface area (Å²) in [6.07, 6.45) is 4.78. The Morgan fingerprint density at radius 3 is 2.79 bits per heavy atom. The number of carbonyl (C=O) groups is 1. The van der Waals surface area contributed by atoms with Crippen LogP contribution in [0.25, 0.3) is 0 Å². The fraction of sp³-hybridized carbons (Fsp3) is 0.929. The number of nitrogens with zero attached hydrogens (tertiary/aromatic N) is 1. The molecule has 4 unspecified atom stereocenters. The van der Waals surface area contributed by atoms with E-state index >= 15 is 0 Å².